The van der Waals surface area contributed by atoms with E-state index < -0.39 is 0 Å². The SMILES string of the molecule is CCCC(C)NC(C)c1ccc2c(c1)OCCCO2. The molecule has 0 saturated carbocycles. The van der Waals surface area contributed by atoms with E-state index in [0.29, 0.717) is 12.1 Å². The van der Waals surface area contributed by atoms with Gasteiger partial charge in [0.2, 0.25) is 0 Å². The Morgan fingerprint density at radius 1 is 1.16 bits per heavy atom. The molecule has 2 atom stereocenters. The lowest BCUT2D eigenvalue weighted by Gasteiger charge is -2.21. The monoisotopic (exact) mass is 263 g/mol. The zero-order valence-corrected chi connectivity index (χ0v) is 12.2. The summed E-state index contributed by atoms with van der Waals surface area (Å²) in [5.41, 5.74) is 1.26. The Morgan fingerprint density at radius 3 is 2.63 bits per heavy atom. The average molecular weight is 263 g/mol. The molecule has 3 heteroatoms. The van der Waals surface area contributed by atoms with Crippen molar-refractivity contribution in [2.45, 2.75) is 52.1 Å². The number of ether oxygens (including phenoxy) is 2. The number of hydrogen-bond acceptors (Lipinski definition) is 3. The lowest BCUT2D eigenvalue weighted by atomic mass is 10.1. The average Bonchev–Trinajstić information content (AvgIpc) is 2.63. The molecule has 1 aliphatic heterocycles. The third-order valence-electron chi connectivity index (χ3n) is 3.53. The zero-order valence-electron chi connectivity index (χ0n) is 12.2. The van der Waals surface area contributed by atoms with Gasteiger partial charge in [0.05, 0.1) is 13.2 Å². The molecule has 0 bridgehead atoms. The van der Waals surface area contributed by atoms with E-state index in [0.717, 1.165) is 31.1 Å². The summed E-state index contributed by atoms with van der Waals surface area (Å²) in [6.45, 7) is 8.14. The maximum absolute atomic E-state index is 5.74. The quantitative estimate of drug-likeness (QED) is 0.879. The van der Waals surface area contributed by atoms with E-state index in [2.05, 4.69) is 38.2 Å². The molecule has 0 amide bonds. The predicted molar refractivity (Wildman–Crippen MR) is 78.0 cm³/mol. The van der Waals surface area contributed by atoms with Crippen LogP contribution in [-0.4, -0.2) is 19.3 Å². The fourth-order valence-corrected chi connectivity index (χ4v) is 2.49. The second-order valence-electron chi connectivity index (χ2n) is 5.33. The van der Waals surface area contributed by atoms with Crippen molar-refractivity contribution >= 4 is 0 Å². The molecule has 0 radical (unpaired) electrons. The van der Waals surface area contributed by atoms with Gasteiger partial charge in [0.1, 0.15) is 0 Å². The topological polar surface area (TPSA) is 30.5 Å². The summed E-state index contributed by atoms with van der Waals surface area (Å²) in [5, 5.41) is 3.62. The summed E-state index contributed by atoms with van der Waals surface area (Å²) in [6, 6.07) is 7.13. The molecule has 1 aromatic rings. The molecule has 2 unspecified atom stereocenters. The van der Waals surface area contributed by atoms with Crippen LogP contribution in [0.25, 0.3) is 0 Å². The van der Waals surface area contributed by atoms with Crippen LogP contribution in [0.3, 0.4) is 0 Å². The van der Waals surface area contributed by atoms with Gasteiger partial charge in [0.15, 0.2) is 11.5 Å². The molecule has 0 aliphatic carbocycles. The van der Waals surface area contributed by atoms with E-state index in [1.165, 1.54) is 18.4 Å². The van der Waals surface area contributed by atoms with Crippen LogP contribution in [0.15, 0.2) is 18.2 Å². The Labute approximate surface area is 116 Å². The van der Waals surface area contributed by atoms with E-state index in [1.807, 2.05) is 6.07 Å². The highest BCUT2D eigenvalue weighted by molar-refractivity contribution is 5.44. The smallest absolute Gasteiger partial charge is 0.161 e. The number of hydrogen-bond donors (Lipinski definition) is 1. The lowest BCUT2D eigenvalue weighted by molar-refractivity contribution is 0.297. The molecule has 3 nitrogen and oxygen atoms in total. The molecule has 0 spiro atoms. The minimum atomic E-state index is 0.332. The van der Waals surface area contributed by atoms with Crippen LogP contribution < -0.4 is 14.8 Å². The van der Waals surface area contributed by atoms with E-state index in [1.54, 1.807) is 0 Å². The Bertz CT molecular complexity index is 406. The number of nitrogens with one attached hydrogen (secondary N) is 1. The standard InChI is InChI=1S/C16H25NO2/c1-4-6-12(2)17-13(3)14-7-8-15-16(11-14)19-10-5-9-18-15/h7-8,11-13,17H,4-6,9-10H2,1-3H3. The molecular weight excluding hydrogens is 238 g/mol. The van der Waals surface area contributed by atoms with Crippen molar-refractivity contribution in [1.29, 1.82) is 0 Å². The maximum atomic E-state index is 5.74. The molecule has 2 rings (SSSR count). The molecule has 0 saturated heterocycles. The van der Waals surface area contributed by atoms with E-state index in [4.69, 9.17) is 9.47 Å². The molecular formula is C16H25NO2. The first-order valence-corrected chi connectivity index (χ1v) is 7.36. The normalized spacial score (nSPS) is 17.6. The van der Waals surface area contributed by atoms with Gasteiger partial charge in [-0.05, 0) is 38.0 Å². The minimum absolute atomic E-state index is 0.332. The van der Waals surface area contributed by atoms with Gasteiger partial charge < -0.3 is 14.8 Å². The summed E-state index contributed by atoms with van der Waals surface area (Å²) in [5.74, 6) is 1.75. The van der Waals surface area contributed by atoms with Crippen molar-refractivity contribution in [1.82, 2.24) is 5.32 Å². The number of benzene rings is 1. The molecule has 1 N–H and O–H groups in total. The molecule has 0 fully saturated rings. The van der Waals surface area contributed by atoms with Crippen molar-refractivity contribution in [3.05, 3.63) is 23.8 Å². The first-order chi connectivity index (χ1) is 9.20. The highest BCUT2D eigenvalue weighted by Crippen LogP contribution is 2.32. The number of rotatable bonds is 5. The van der Waals surface area contributed by atoms with Crippen molar-refractivity contribution in [2.24, 2.45) is 0 Å². The summed E-state index contributed by atoms with van der Waals surface area (Å²) >= 11 is 0. The first kappa shape index (κ1) is 14.2. The van der Waals surface area contributed by atoms with Crippen LogP contribution in [0.1, 0.15) is 51.6 Å². The maximum Gasteiger partial charge on any atom is 0.161 e. The Kier molecular flexibility index (Phi) is 5.08. The third-order valence-corrected chi connectivity index (χ3v) is 3.53. The van der Waals surface area contributed by atoms with Crippen LogP contribution in [-0.2, 0) is 0 Å². The highest BCUT2D eigenvalue weighted by Gasteiger charge is 2.14. The zero-order chi connectivity index (χ0) is 13.7. The second kappa shape index (κ2) is 6.80. The first-order valence-electron chi connectivity index (χ1n) is 7.36. The minimum Gasteiger partial charge on any atom is -0.490 e. The Morgan fingerprint density at radius 2 is 1.89 bits per heavy atom. The second-order valence-corrected chi connectivity index (χ2v) is 5.33. The van der Waals surface area contributed by atoms with Crippen LogP contribution in [0.5, 0.6) is 11.5 Å². The van der Waals surface area contributed by atoms with Gasteiger partial charge in [-0.15, -0.1) is 0 Å². The van der Waals surface area contributed by atoms with Crippen molar-refractivity contribution in [3.8, 4) is 11.5 Å². The summed E-state index contributed by atoms with van der Waals surface area (Å²) in [6.07, 6.45) is 3.36. The predicted octanol–water partition coefficient (Wildman–Crippen LogP) is 3.69. The Hall–Kier alpha value is -1.22. The molecule has 0 aromatic heterocycles. The molecule has 1 aromatic carbocycles. The molecule has 1 heterocycles. The summed E-state index contributed by atoms with van der Waals surface area (Å²) in [7, 11) is 0. The van der Waals surface area contributed by atoms with Gasteiger partial charge in [0, 0.05) is 18.5 Å². The van der Waals surface area contributed by atoms with Gasteiger partial charge in [-0.3, -0.25) is 0 Å². The fraction of sp³-hybridized carbons (Fsp3) is 0.625. The van der Waals surface area contributed by atoms with Gasteiger partial charge in [0.25, 0.3) is 0 Å². The lowest BCUT2D eigenvalue weighted by Crippen LogP contribution is -2.28. The van der Waals surface area contributed by atoms with Crippen LogP contribution >= 0.6 is 0 Å². The van der Waals surface area contributed by atoms with Gasteiger partial charge in [-0.2, -0.15) is 0 Å². The largest absolute Gasteiger partial charge is 0.490 e. The van der Waals surface area contributed by atoms with Crippen molar-refractivity contribution < 1.29 is 9.47 Å². The fourth-order valence-electron chi connectivity index (χ4n) is 2.49. The summed E-state index contributed by atoms with van der Waals surface area (Å²) in [4.78, 5) is 0. The third kappa shape index (κ3) is 3.87. The van der Waals surface area contributed by atoms with Crippen LogP contribution in [0, 0.1) is 0 Å². The van der Waals surface area contributed by atoms with Crippen molar-refractivity contribution in [2.75, 3.05) is 13.2 Å². The Balaban J connectivity index is 2.06. The summed E-state index contributed by atoms with van der Waals surface area (Å²) < 4.78 is 11.4. The highest BCUT2D eigenvalue weighted by atomic mass is 16.5. The van der Waals surface area contributed by atoms with E-state index >= 15 is 0 Å². The van der Waals surface area contributed by atoms with Gasteiger partial charge >= 0.3 is 0 Å². The molecule has 1 aliphatic rings. The van der Waals surface area contributed by atoms with E-state index in [-0.39, 0.29) is 0 Å². The van der Waals surface area contributed by atoms with Crippen LogP contribution in [0.4, 0.5) is 0 Å². The van der Waals surface area contributed by atoms with Gasteiger partial charge in [-0.1, -0.05) is 19.4 Å². The number of fused-ring (bicyclic) bond motifs is 1. The van der Waals surface area contributed by atoms with Crippen LogP contribution in [0.2, 0.25) is 0 Å². The molecule has 19 heavy (non-hydrogen) atoms. The van der Waals surface area contributed by atoms with Crippen molar-refractivity contribution in [3.63, 3.8) is 0 Å². The van der Waals surface area contributed by atoms with E-state index in [9.17, 15) is 0 Å². The molecule has 106 valence electrons. The van der Waals surface area contributed by atoms with Gasteiger partial charge in [-0.25, -0.2) is 0 Å².